The van der Waals surface area contributed by atoms with E-state index in [0.29, 0.717) is 9.88 Å². The second-order valence-electron chi connectivity index (χ2n) is 3.45. The zero-order valence-electron chi connectivity index (χ0n) is 9.93. The van der Waals surface area contributed by atoms with Crippen molar-refractivity contribution in [3.63, 3.8) is 0 Å². The van der Waals surface area contributed by atoms with Crippen LogP contribution in [0.4, 0.5) is 0 Å². The molecular weight excluding hydrogens is 270 g/mol. The van der Waals surface area contributed by atoms with E-state index in [1.54, 1.807) is 6.92 Å². The summed E-state index contributed by atoms with van der Waals surface area (Å²) in [4.78, 5) is 28.8. The Balaban J connectivity index is 2.45. The fourth-order valence-corrected chi connectivity index (χ4v) is 3.15. The standard InChI is InChI=1S/C12H11NO3S2/c1-3-16-12(15)9-10(7(2)14)18-11(13-9)8-5-4-6-17-8/h4-6H,3H2,1-2H3. The van der Waals surface area contributed by atoms with Crippen molar-refractivity contribution in [2.45, 2.75) is 13.8 Å². The molecule has 0 saturated heterocycles. The van der Waals surface area contributed by atoms with Gasteiger partial charge in [0, 0.05) is 6.92 Å². The molecule has 2 aromatic rings. The van der Waals surface area contributed by atoms with E-state index in [4.69, 9.17) is 4.74 Å². The monoisotopic (exact) mass is 281 g/mol. The van der Waals surface area contributed by atoms with Crippen molar-refractivity contribution < 1.29 is 14.3 Å². The van der Waals surface area contributed by atoms with Crippen molar-refractivity contribution in [1.29, 1.82) is 0 Å². The fraction of sp³-hybridized carbons (Fsp3) is 0.250. The summed E-state index contributed by atoms with van der Waals surface area (Å²) in [6.07, 6.45) is 0. The van der Waals surface area contributed by atoms with Crippen LogP contribution in [0.5, 0.6) is 0 Å². The van der Waals surface area contributed by atoms with Crippen LogP contribution in [0.2, 0.25) is 0 Å². The molecule has 0 amide bonds. The highest BCUT2D eigenvalue weighted by molar-refractivity contribution is 7.22. The SMILES string of the molecule is CCOC(=O)c1nc(-c2cccs2)sc1C(C)=O. The Kier molecular flexibility index (Phi) is 3.88. The number of ether oxygens (including phenoxy) is 1. The summed E-state index contributed by atoms with van der Waals surface area (Å²) in [5.74, 6) is -0.708. The molecule has 0 saturated carbocycles. The van der Waals surface area contributed by atoms with E-state index >= 15 is 0 Å². The Morgan fingerprint density at radius 1 is 1.44 bits per heavy atom. The van der Waals surface area contributed by atoms with Crippen molar-refractivity contribution in [1.82, 2.24) is 4.98 Å². The maximum atomic E-state index is 11.7. The molecule has 0 atom stereocenters. The lowest BCUT2D eigenvalue weighted by Gasteiger charge is -1.98. The van der Waals surface area contributed by atoms with Crippen LogP contribution in [0.25, 0.3) is 9.88 Å². The molecule has 2 rings (SSSR count). The molecule has 4 nitrogen and oxygen atoms in total. The Morgan fingerprint density at radius 2 is 2.22 bits per heavy atom. The quantitative estimate of drug-likeness (QED) is 0.637. The minimum atomic E-state index is -0.540. The Bertz CT molecular complexity index is 572. The number of carbonyl (C=O) groups excluding carboxylic acids is 2. The van der Waals surface area contributed by atoms with Gasteiger partial charge in [0.1, 0.15) is 9.88 Å². The first kappa shape index (κ1) is 12.9. The molecule has 0 aliphatic heterocycles. The molecule has 6 heteroatoms. The van der Waals surface area contributed by atoms with Crippen molar-refractivity contribution >= 4 is 34.4 Å². The number of carbonyl (C=O) groups is 2. The molecule has 2 aromatic heterocycles. The smallest absolute Gasteiger partial charge is 0.358 e. The average Bonchev–Trinajstić information content (AvgIpc) is 2.98. The first-order valence-corrected chi connectivity index (χ1v) is 7.05. The van der Waals surface area contributed by atoms with Gasteiger partial charge < -0.3 is 4.74 Å². The molecule has 18 heavy (non-hydrogen) atoms. The van der Waals surface area contributed by atoms with Crippen molar-refractivity contribution in [3.05, 3.63) is 28.1 Å². The zero-order chi connectivity index (χ0) is 13.1. The predicted octanol–water partition coefficient (Wildman–Crippen LogP) is 3.25. The molecule has 0 bridgehead atoms. The third-order valence-corrected chi connectivity index (χ3v) is 4.34. The summed E-state index contributed by atoms with van der Waals surface area (Å²) in [5, 5.41) is 2.60. The molecule has 2 heterocycles. The molecule has 0 N–H and O–H groups in total. The van der Waals surface area contributed by atoms with Crippen LogP contribution >= 0.6 is 22.7 Å². The summed E-state index contributed by atoms with van der Waals surface area (Å²) in [7, 11) is 0. The van der Waals surface area contributed by atoms with Gasteiger partial charge >= 0.3 is 5.97 Å². The normalized spacial score (nSPS) is 10.3. The van der Waals surface area contributed by atoms with Gasteiger partial charge in [0.2, 0.25) is 0 Å². The lowest BCUT2D eigenvalue weighted by atomic mass is 10.3. The number of thiazole rings is 1. The Labute approximate surface area is 112 Å². The van der Waals surface area contributed by atoms with Crippen LogP contribution in [-0.4, -0.2) is 23.3 Å². The van der Waals surface area contributed by atoms with Gasteiger partial charge in [-0.3, -0.25) is 4.79 Å². The largest absolute Gasteiger partial charge is 0.461 e. The van der Waals surface area contributed by atoms with Gasteiger partial charge in [0.05, 0.1) is 11.5 Å². The maximum absolute atomic E-state index is 11.7. The minimum absolute atomic E-state index is 0.123. The summed E-state index contributed by atoms with van der Waals surface area (Å²) >= 11 is 2.75. The van der Waals surface area contributed by atoms with Crippen LogP contribution in [0.3, 0.4) is 0 Å². The second-order valence-corrected chi connectivity index (χ2v) is 5.40. The van der Waals surface area contributed by atoms with E-state index in [0.717, 1.165) is 4.88 Å². The number of Topliss-reactive ketones (excluding diaryl/α,β-unsaturated/α-hetero) is 1. The second kappa shape index (κ2) is 5.41. The van der Waals surface area contributed by atoms with Crippen molar-refractivity contribution in [2.24, 2.45) is 0 Å². The highest BCUT2D eigenvalue weighted by Gasteiger charge is 2.22. The number of thiophene rings is 1. The van der Waals surface area contributed by atoms with Gasteiger partial charge in [-0.05, 0) is 18.4 Å². The first-order chi connectivity index (χ1) is 8.63. The van der Waals surface area contributed by atoms with Crippen molar-refractivity contribution in [3.8, 4) is 9.88 Å². The van der Waals surface area contributed by atoms with E-state index in [-0.39, 0.29) is 18.1 Å². The highest BCUT2D eigenvalue weighted by Crippen LogP contribution is 2.31. The lowest BCUT2D eigenvalue weighted by molar-refractivity contribution is 0.0517. The summed E-state index contributed by atoms with van der Waals surface area (Å²) < 4.78 is 4.91. The van der Waals surface area contributed by atoms with Crippen LogP contribution in [-0.2, 0) is 4.74 Å². The van der Waals surface area contributed by atoms with E-state index in [2.05, 4.69) is 4.98 Å². The lowest BCUT2D eigenvalue weighted by Crippen LogP contribution is -2.09. The summed E-state index contributed by atoms with van der Waals surface area (Å²) in [6.45, 7) is 3.41. The van der Waals surface area contributed by atoms with Gasteiger partial charge in [0.15, 0.2) is 11.5 Å². The molecule has 0 aliphatic carbocycles. The van der Waals surface area contributed by atoms with Crippen molar-refractivity contribution in [2.75, 3.05) is 6.61 Å². The molecule has 0 spiro atoms. The van der Waals surface area contributed by atoms with Crippen LogP contribution in [0.15, 0.2) is 17.5 Å². The van der Waals surface area contributed by atoms with E-state index in [1.165, 1.54) is 29.6 Å². The van der Waals surface area contributed by atoms with Gasteiger partial charge in [0.25, 0.3) is 0 Å². The fourth-order valence-electron chi connectivity index (χ4n) is 1.40. The summed E-state index contributed by atoms with van der Waals surface area (Å²) in [6, 6.07) is 3.81. The van der Waals surface area contributed by atoms with Gasteiger partial charge in [-0.1, -0.05) is 6.07 Å². The molecule has 94 valence electrons. The van der Waals surface area contributed by atoms with Crippen LogP contribution in [0.1, 0.15) is 34.0 Å². The molecule has 0 unspecified atom stereocenters. The van der Waals surface area contributed by atoms with Crippen LogP contribution < -0.4 is 0 Å². The Hall–Kier alpha value is -1.53. The number of hydrogen-bond acceptors (Lipinski definition) is 6. The van der Waals surface area contributed by atoms with Gasteiger partial charge in [-0.2, -0.15) is 0 Å². The van der Waals surface area contributed by atoms with E-state index < -0.39 is 5.97 Å². The minimum Gasteiger partial charge on any atom is -0.461 e. The van der Waals surface area contributed by atoms with E-state index in [1.807, 2.05) is 17.5 Å². The number of aromatic nitrogens is 1. The van der Waals surface area contributed by atoms with Gasteiger partial charge in [-0.15, -0.1) is 22.7 Å². The third kappa shape index (κ3) is 2.49. The maximum Gasteiger partial charge on any atom is 0.358 e. The van der Waals surface area contributed by atoms with Crippen LogP contribution in [0, 0.1) is 0 Å². The highest BCUT2D eigenvalue weighted by atomic mass is 32.1. The molecule has 0 aromatic carbocycles. The molecule has 0 fully saturated rings. The molecule has 0 radical (unpaired) electrons. The number of rotatable bonds is 4. The number of ketones is 1. The van der Waals surface area contributed by atoms with E-state index in [9.17, 15) is 9.59 Å². The Morgan fingerprint density at radius 3 is 2.78 bits per heavy atom. The molecule has 0 aliphatic rings. The van der Waals surface area contributed by atoms with Gasteiger partial charge in [-0.25, -0.2) is 9.78 Å². The number of esters is 1. The molecular formula is C12H11NO3S2. The topological polar surface area (TPSA) is 56.3 Å². The third-order valence-electron chi connectivity index (χ3n) is 2.15. The summed E-state index contributed by atoms with van der Waals surface area (Å²) in [5.41, 5.74) is 0.123. The predicted molar refractivity (Wildman–Crippen MR) is 71.4 cm³/mol. The number of hydrogen-bond donors (Lipinski definition) is 0. The number of nitrogens with zero attached hydrogens (tertiary/aromatic N) is 1. The first-order valence-electron chi connectivity index (χ1n) is 5.36. The average molecular weight is 281 g/mol. The zero-order valence-corrected chi connectivity index (χ0v) is 11.6.